The number of likely N-dealkylation sites (tertiary alicyclic amines) is 1. The molecule has 1 aromatic carbocycles. The van der Waals surface area contributed by atoms with Crippen molar-refractivity contribution in [2.75, 3.05) is 13.6 Å². The Morgan fingerprint density at radius 1 is 1.33 bits per heavy atom. The number of nitrogens with zero attached hydrogens (tertiary/aromatic N) is 1. The second kappa shape index (κ2) is 7.82. The van der Waals surface area contributed by atoms with Gasteiger partial charge in [0.1, 0.15) is 0 Å². The standard InChI is InChI=1S/C17H26Cl2N2/c1-4-13-9-8-12(2)21(13)11-10-16(20-3)14-6-5-7-15(18)17(14)19/h5-7,12-13,16,20H,4,8-11H2,1-3H3. The van der Waals surface area contributed by atoms with Crippen molar-refractivity contribution in [1.29, 1.82) is 0 Å². The van der Waals surface area contributed by atoms with Gasteiger partial charge >= 0.3 is 0 Å². The van der Waals surface area contributed by atoms with Gasteiger partial charge in [-0.3, -0.25) is 4.90 Å². The summed E-state index contributed by atoms with van der Waals surface area (Å²) in [5, 5.41) is 4.70. The van der Waals surface area contributed by atoms with Gasteiger partial charge in [-0.1, -0.05) is 42.3 Å². The number of hydrogen-bond donors (Lipinski definition) is 1. The lowest BCUT2D eigenvalue weighted by molar-refractivity contribution is 0.189. The second-order valence-electron chi connectivity index (χ2n) is 6.00. The Bertz CT molecular complexity index is 464. The molecular weight excluding hydrogens is 303 g/mol. The third-order valence-electron chi connectivity index (χ3n) is 4.81. The molecule has 1 fully saturated rings. The van der Waals surface area contributed by atoms with E-state index in [-0.39, 0.29) is 6.04 Å². The quantitative estimate of drug-likeness (QED) is 0.798. The molecule has 0 amide bonds. The predicted octanol–water partition coefficient (Wildman–Crippen LogP) is 4.91. The number of nitrogens with one attached hydrogen (secondary N) is 1. The maximum Gasteiger partial charge on any atom is 0.0640 e. The minimum absolute atomic E-state index is 0.251. The summed E-state index contributed by atoms with van der Waals surface area (Å²) >= 11 is 12.5. The zero-order chi connectivity index (χ0) is 15.4. The van der Waals surface area contributed by atoms with Gasteiger partial charge in [-0.05, 0) is 51.3 Å². The van der Waals surface area contributed by atoms with Crippen LogP contribution in [0.5, 0.6) is 0 Å². The van der Waals surface area contributed by atoms with Crippen molar-refractivity contribution in [3.63, 3.8) is 0 Å². The molecule has 0 radical (unpaired) electrons. The third-order valence-corrected chi connectivity index (χ3v) is 5.64. The average Bonchev–Trinajstić information content (AvgIpc) is 2.84. The minimum atomic E-state index is 0.251. The Morgan fingerprint density at radius 3 is 2.76 bits per heavy atom. The molecule has 3 atom stereocenters. The zero-order valence-corrected chi connectivity index (χ0v) is 14.7. The van der Waals surface area contributed by atoms with Crippen LogP contribution in [0.25, 0.3) is 0 Å². The summed E-state index contributed by atoms with van der Waals surface area (Å²) in [7, 11) is 1.99. The third kappa shape index (κ3) is 3.92. The highest BCUT2D eigenvalue weighted by molar-refractivity contribution is 6.42. The van der Waals surface area contributed by atoms with E-state index in [9.17, 15) is 0 Å². The van der Waals surface area contributed by atoms with Crippen molar-refractivity contribution in [2.45, 2.75) is 57.7 Å². The van der Waals surface area contributed by atoms with Crippen molar-refractivity contribution in [2.24, 2.45) is 0 Å². The summed E-state index contributed by atoms with van der Waals surface area (Å²) in [5.74, 6) is 0. The van der Waals surface area contributed by atoms with Gasteiger partial charge in [-0.25, -0.2) is 0 Å². The molecule has 2 rings (SSSR count). The summed E-state index contributed by atoms with van der Waals surface area (Å²) < 4.78 is 0. The molecule has 1 aliphatic heterocycles. The van der Waals surface area contributed by atoms with Crippen molar-refractivity contribution in [1.82, 2.24) is 10.2 Å². The van der Waals surface area contributed by atoms with Crippen LogP contribution in [0.4, 0.5) is 0 Å². The van der Waals surface area contributed by atoms with Crippen LogP contribution in [0, 0.1) is 0 Å². The van der Waals surface area contributed by atoms with Crippen LogP contribution in [-0.2, 0) is 0 Å². The average molecular weight is 329 g/mol. The molecule has 0 spiro atoms. The van der Waals surface area contributed by atoms with Crippen LogP contribution in [0.2, 0.25) is 10.0 Å². The van der Waals surface area contributed by atoms with Crippen molar-refractivity contribution >= 4 is 23.2 Å². The number of benzene rings is 1. The van der Waals surface area contributed by atoms with Crippen LogP contribution >= 0.6 is 23.2 Å². The van der Waals surface area contributed by atoms with Gasteiger partial charge in [0.2, 0.25) is 0 Å². The summed E-state index contributed by atoms with van der Waals surface area (Å²) in [6.07, 6.45) is 4.95. The van der Waals surface area contributed by atoms with E-state index in [0.29, 0.717) is 16.1 Å². The molecular formula is C17H26Cl2N2. The summed E-state index contributed by atoms with van der Waals surface area (Å²) in [6.45, 7) is 5.74. The van der Waals surface area contributed by atoms with E-state index in [4.69, 9.17) is 23.2 Å². The van der Waals surface area contributed by atoms with Gasteiger partial charge in [0, 0.05) is 24.7 Å². The van der Waals surface area contributed by atoms with Gasteiger partial charge in [0.15, 0.2) is 0 Å². The highest BCUT2D eigenvalue weighted by Crippen LogP contribution is 2.32. The molecule has 1 saturated heterocycles. The van der Waals surface area contributed by atoms with E-state index in [2.05, 4.69) is 30.1 Å². The molecule has 2 nitrogen and oxygen atoms in total. The molecule has 0 aromatic heterocycles. The fourth-order valence-electron chi connectivity index (χ4n) is 3.49. The first-order chi connectivity index (χ1) is 10.1. The molecule has 3 unspecified atom stereocenters. The Balaban J connectivity index is 2.04. The molecule has 21 heavy (non-hydrogen) atoms. The Hall–Kier alpha value is -0.280. The molecule has 4 heteroatoms. The number of halogens is 2. The molecule has 1 aromatic rings. The van der Waals surface area contributed by atoms with Crippen LogP contribution in [0.15, 0.2) is 18.2 Å². The maximum absolute atomic E-state index is 6.36. The monoisotopic (exact) mass is 328 g/mol. The summed E-state index contributed by atoms with van der Waals surface area (Å²) in [6, 6.07) is 7.58. The first kappa shape index (κ1) is 17.1. The van der Waals surface area contributed by atoms with Gasteiger partial charge in [-0.2, -0.15) is 0 Å². The van der Waals surface area contributed by atoms with Crippen LogP contribution in [0.3, 0.4) is 0 Å². The highest BCUT2D eigenvalue weighted by atomic mass is 35.5. The fourth-order valence-corrected chi connectivity index (χ4v) is 3.93. The van der Waals surface area contributed by atoms with Crippen molar-refractivity contribution in [3.05, 3.63) is 33.8 Å². The van der Waals surface area contributed by atoms with E-state index >= 15 is 0 Å². The van der Waals surface area contributed by atoms with E-state index in [1.807, 2.05) is 19.2 Å². The molecule has 1 aliphatic rings. The minimum Gasteiger partial charge on any atom is -0.313 e. The van der Waals surface area contributed by atoms with Crippen molar-refractivity contribution < 1.29 is 0 Å². The van der Waals surface area contributed by atoms with Gasteiger partial charge < -0.3 is 5.32 Å². The van der Waals surface area contributed by atoms with E-state index in [1.165, 1.54) is 19.3 Å². The molecule has 0 aliphatic carbocycles. The Kier molecular flexibility index (Phi) is 6.36. The lowest BCUT2D eigenvalue weighted by Crippen LogP contribution is -2.36. The molecule has 0 bridgehead atoms. The lowest BCUT2D eigenvalue weighted by atomic mass is 10.0. The Morgan fingerprint density at radius 2 is 2.10 bits per heavy atom. The van der Waals surface area contributed by atoms with Gasteiger partial charge in [-0.15, -0.1) is 0 Å². The first-order valence-electron chi connectivity index (χ1n) is 7.95. The fraction of sp³-hybridized carbons (Fsp3) is 0.647. The SMILES string of the molecule is CCC1CCC(C)N1CCC(NC)c1cccc(Cl)c1Cl. The van der Waals surface area contributed by atoms with E-state index in [1.54, 1.807) is 0 Å². The smallest absolute Gasteiger partial charge is 0.0640 e. The van der Waals surface area contributed by atoms with Crippen LogP contribution in [0.1, 0.15) is 51.1 Å². The van der Waals surface area contributed by atoms with Crippen molar-refractivity contribution in [3.8, 4) is 0 Å². The normalized spacial score (nSPS) is 24.4. The topological polar surface area (TPSA) is 15.3 Å². The summed E-state index contributed by atoms with van der Waals surface area (Å²) in [5.41, 5.74) is 1.10. The molecule has 1 N–H and O–H groups in total. The molecule has 118 valence electrons. The molecule has 1 heterocycles. The predicted molar refractivity (Wildman–Crippen MR) is 92.4 cm³/mol. The first-order valence-corrected chi connectivity index (χ1v) is 8.71. The Labute approximate surface area is 138 Å². The second-order valence-corrected chi connectivity index (χ2v) is 6.78. The van der Waals surface area contributed by atoms with E-state index in [0.717, 1.165) is 24.6 Å². The van der Waals surface area contributed by atoms with Crippen LogP contribution in [-0.4, -0.2) is 30.6 Å². The summed E-state index contributed by atoms with van der Waals surface area (Å²) in [4.78, 5) is 2.66. The highest BCUT2D eigenvalue weighted by Gasteiger charge is 2.29. The zero-order valence-electron chi connectivity index (χ0n) is 13.2. The van der Waals surface area contributed by atoms with Crippen LogP contribution < -0.4 is 5.32 Å². The van der Waals surface area contributed by atoms with E-state index < -0.39 is 0 Å². The number of hydrogen-bond acceptors (Lipinski definition) is 2. The lowest BCUT2D eigenvalue weighted by Gasteiger charge is -2.30. The largest absolute Gasteiger partial charge is 0.313 e. The maximum atomic E-state index is 6.36. The van der Waals surface area contributed by atoms with Gasteiger partial charge in [0.05, 0.1) is 10.0 Å². The number of rotatable bonds is 6. The molecule has 0 saturated carbocycles. The van der Waals surface area contributed by atoms with Gasteiger partial charge in [0.25, 0.3) is 0 Å².